The normalized spacial score (nSPS) is 10.8. The van der Waals surface area contributed by atoms with Gasteiger partial charge in [0.1, 0.15) is 0 Å². The molecule has 0 amide bonds. The van der Waals surface area contributed by atoms with Gasteiger partial charge >= 0.3 is 5.97 Å². The first kappa shape index (κ1) is 14.6. The average Bonchev–Trinajstić information content (AvgIpc) is 2.46. The van der Waals surface area contributed by atoms with Crippen LogP contribution in [-0.2, 0) is 4.74 Å². The van der Waals surface area contributed by atoms with Crippen LogP contribution in [0.25, 0.3) is 0 Å². The highest BCUT2D eigenvalue weighted by molar-refractivity contribution is 6.36. The zero-order chi connectivity index (χ0) is 14.5. The van der Waals surface area contributed by atoms with Crippen molar-refractivity contribution in [1.29, 1.82) is 0 Å². The number of hydrogen-bond acceptors (Lipinski definition) is 3. The van der Waals surface area contributed by atoms with E-state index in [-0.39, 0.29) is 5.97 Å². The van der Waals surface area contributed by atoms with Crippen molar-refractivity contribution < 1.29 is 9.53 Å². The number of aliphatic imine (C=N–C) groups is 1. The molecule has 102 valence electrons. The summed E-state index contributed by atoms with van der Waals surface area (Å²) in [5, 5.41) is 1.11. The quantitative estimate of drug-likeness (QED) is 0.617. The first-order valence-corrected chi connectivity index (χ1v) is 6.53. The van der Waals surface area contributed by atoms with Gasteiger partial charge in [0, 0.05) is 16.8 Å². The number of carbonyl (C=O) groups excluding carboxylic acids is 1. The molecule has 0 aliphatic carbocycles. The summed E-state index contributed by atoms with van der Waals surface area (Å²) in [7, 11) is 1.34. The van der Waals surface area contributed by atoms with E-state index in [0.29, 0.717) is 21.3 Å². The highest BCUT2D eigenvalue weighted by Gasteiger charge is 2.03. The van der Waals surface area contributed by atoms with E-state index in [1.54, 1.807) is 48.7 Å². The van der Waals surface area contributed by atoms with Crippen LogP contribution in [0.4, 0.5) is 5.69 Å². The highest BCUT2D eigenvalue weighted by atomic mass is 35.5. The Balaban J connectivity index is 2.17. The molecule has 0 heterocycles. The third kappa shape index (κ3) is 3.59. The monoisotopic (exact) mass is 307 g/mol. The predicted octanol–water partition coefficient (Wildman–Crippen LogP) is 4.53. The van der Waals surface area contributed by atoms with E-state index in [2.05, 4.69) is 9.73 Å². The van der Waals surface area contributed by atoms with Crippen molar-refractivity contribution in [2.24, 2.45) is 4.99 Å². The molecule has 0 aromatic heterocycles. The molecule has 2 aromatic rings. The van der Waals surface area contributed by atoms with Crippen molar-refractivity contribution >= 4 is 41.1 Å². The van der Waals surface area contributed by atoms with Crippen LogP contribution >= 0.6 is 23.2 Å². The summed E-state index contributed by atoms with van der Waals surface area (Å²) in [5.74, 6) is -0.374. The first-order chi connectivity index (χ1) is 9.60. The van der Waals surface area contributed by atoms with Crippen molar-refractivity contribution in [2.75, 3.05) is 7.11 Å². The lowest BCUT2D eigenvalue weighted by atomic mass is 10.2. The van der Waals surface area contributed by atoms with E-state index in [4.69, 9.17) is 23.2 Å². The zero-order valence-electron chi connectivity index (χ0n) is 10.6. The summed E-state index contributed by atoms with van der Waals surface area (Å²) in [6.07, 6.45) is 1.64. The fraction of sp³-hybridized carbons (Fsp3) is 0.0667. The van der Waals surface area contributed by atoms with Gasteiger partial charge in [-0.15, -0.1) is 0 Å². The van der Waals surface area contributed by atoms with Gasteiger partial charge in [-0.3, -0.25) is 4.99 Å². The highest BCUT2D eigenvalue weighted by Crippen LogP contribution is 2.20. The molecule has 0 aliphatic rings. The topological polar surface area (TPSA) is 38.7 Å². The van der Waals surface area contributed by atoms with Crippen LogP contribution in [0.2, 0.25) is 10.0 Å². The average molecular weight is 308 g/mol. The molecular formula is C15H11Cl2NO2. The lowest BCUT2D eigenvalue weighted by Gasteiger charge is -2.00. The molecule has 20 heavy (non-hydrogen) atoms. The van der Waals surface area contributed by atoms with Gasteiger partial charge in [-0.05, 0) is 36.4 Å². The van der Waals surface area contributed by atoms with Gasteiger partial charge in [-0.2, -0.15) is 0 Å². The van der Waals surface area contributed by atoms with E-state index in [0.717, 1.165) is 5.56 Å². The lowest BCUT2D eigenvalue weighted by molar-refractivity contribution is 0.0601. The van der Waals surface area contributed by atoms with Crippen molar-refractivity contribution in [3.8, 4) is 0 Å². The Morgan fingerprint density at radius 2 is 1.85 bits per heavy atom. The molecule has 0 bridgehead atoms. The fourth-order valence-electron chi connectivity index (χ4n) is 1.55. The number of benzene rings is 2. The molecule has 2 rings (SSSR count). The molecule has 0 saturated heterocycles. The van der Waals surface area contributed by atoms with Gasteiger partial charge < -0.3 is 4.74 Å². The second-order valence-corrected chi connectivity index (χ2v) is 4.81. The van der Waals surface area contributed by atoms with Crippen molar-refractivity contribution in [3.63, 3.8) is 0 Å². The molecule has 0 fully saturated rings. The van der Waals surface area contributed by atoms with Gasteiger partial charge in [0.15, 0.2) is 0 Å². The summed E-state index contributed by atoms with van der Waals surface area (Å²) < 4.78 is 4.63. The summed E-state index contributed by atoms with van der Waals surface area (Å²) in [6.45, 7) is 0. The van der Waals surface area contributed by atoms with Gasteiger partial charge in [0.2, 0.25) is 0 Å². The summed E-state index contributed by atoms with van der Waals surface area (Å²) >= 11 is 11.9. The van der Waals surface area contributed by atoms with Crippen LogP contribution in [0.3, 0.4) is 0 Å². The number of nitrogens with zero attached hydrogens (tertiary/aromatic N) is 1. The Morgan fingerprint density at radius 1 is 1.15 bits per heavy atom. The molecule has 0 aliphatic heterocycles. The van der Waals surface area contributed by atoms with Gasteiger partial charge in [-0.1, -0.05) is 29.3 Å². The van der Waals surface area contributed by atoms with E-state index in [9.17, 15) is 4.79 Å². The van der Waals surface area contributed by atoms with Crippen LogP contribution in [0, 0.1) is 0 Å². The maximum Gasteiger partial charge on any atom is 0.337 e. The SMILES string of the molecule is COC(=O)c1ccc(N=Cc2ccc(Cl)cc2Cl)cc1. The van der Waals surface area contributed by atoms with Gasteiger partial charge in [0.05, 0.1) is 23.4 Å². The smallest absolute Gasteiger partial charge is 0.337 e. The molecule has 5 heteroatoms. The van der Waals surface area contributed by atoms with Crippen LogP contribution in [0.1, 0.15) is 15.9 Å². The van der Waals surface area contributed by atoms with Crippen LogP contribution in [-0.4, -0.2) is 19.3 Å². The molecule has 0 atom stereocenters. The Morgan fingerprint density at radius 3 is 2.45 bits per heavy atom. The minimum atomic E-state index is -0.374. The second kappa shape index (κ2) is 6.55. The largest absolute Gasteiger partial charge is 0.465 e. The maximum absolute atomic E-state index is 11.3. The molecule has 0 N–H and O–H groups in total. The van der Waals surface area contributed by atoms with E-state index < -0.39 is 0 Å². The number of hydrogen-bond donors (Lipinski definition) is 0. The third-order valence-corrected chi connectivity index (χ3v) is 3.17. The van der Waals surface area contributed by atoms with Crippen molar-refractivity contribution in [1.82, 2.24) is 0 Å². The summed E-state index contributed by atoms with van der Waals surface area (Å²) in [5.41, 5.74) is 1.97. The fourth-order valence-corrected chi connectivity index (χ4v) is 2.01. The van der Waals surface area contributed by atoms with Crippen LogP contribution in [0.5, 0.6) is 0 Å². The minimum absolute atomic E-state index is 0.374. The molecule has 0 saturated carbocycles. The van der Waals surface area contributed by atoms with Gasteiger partial charge in [0.25, 0.3) is 0 Å². The van der Waals surface area contributed by atoms with Crippen LogP contribution < -0.4 is 0 Å². The van der Waals surface area contributed by atoms with Gasteiger partial charge in [-0.25, -0.2) is 4.79 Å². The number of rotatable bonds is 3. The number of halogens is 2. The molecule has 0 radical (unpaired) electrons. The summed E-state index contributed by atoms with van der Waals surface area (Å²) in [6, 6.07) is 12.0. The van der Waals surface area contributed by atoms with E-state index >= 15 is 0 Å². The lowest BCUT2D eigenvalue weighted by Crippen LogP contribution is -1.99. The Labute approximate surface area is 126 Å². The Kier molecular flexibility index (Phi) is 4.77. The molecular weight excluding hydrogens is 297 g/mol. The molecule has 0 spiro atoms. The maximum atomic E-state index is 11.3. The predicted molar refractivity (Wildman–Crippen MR) is 81.5 cm³/mol. The molecule has 0 unspecified atom stereocenters. The number of ether oxygens (including phenoxy) is 1. The Bertz CT molecular complexity index is 651. The number of carbonyl (C=O) groups is 1. The third-order valence-electron chi connectivity index (χ3n) is 2.60. The van der Waals surface area contributed by atoms with E-state index in [1.165, 1.54) is 7.11 Å². The second-order valence-electron chi connectivity index (χ2n) is 3.96. The first-order valence-electron chi connectivity index (χ1n) is 5.77. The number of methoxy groups -OCH3 is 1. The van der Waals surface area contributed by atoms with Crippen LogP contribution in [0.15, 0.2) is 47.5 Å². The Hall–Kier alpha value is -1.84. The summed E-state index contributed by atoms with van der Waals surface area (Å²) in [4.78, 5) is 15.6. The van der Waals surface area contributed by atoms with Crippen molar-refractivity contribution in [3.05, 3.63) is 63.6 Å². The van der Waals surface area contributed by atoms with Crippen molar-refractivity contribution in [2.45, 2.75) is 0 Å². The molecule has 3 nitrogen and oxygen atoms in total. The number of esters is 1. The van der Waals surface area contributed by atoms with E-state index in [1.807, 2.05) is 0 Å². The molecule has 2 aromatic carbocycles. The zero-order valence-corrected chi connectivity index (χ0v) is 12.2. The minimum Gasteiger partial charge on any atom is -0.465 e. The standard InChI is InChI=1S/C15H11Cl2NO2/c1-20-15(19)10-3-6-13(7-4-10)18-9-11-2-5-12(16)8-14(11)17/h2-9H,1H3.